The van der Waals surface area contributed by atoms with Gasteiger partial charge in [0.15, 0.2) is 0 Å². The summed E-state index contributed by atoms with van der Waals surface area (Å²) in [6.07, 6.45) is 0.998. The maximum absolute atomic E-state index is 5.84. The highest BCUT2D eigenvalue weighted by Crippen LogP contribution is 2.10. The fourth-order valence-electron chi connectivity index (χ4n) is 2.08. The molecule has 0 amide bonds. The Morgan fingerprint density at radius 2 is 1.69 bits per heavy atom. The maximum atomic E-state index is 5.84. The minimum Gasteiger partial charge on any atom is -0.383 e. The molecule has 0 radical (unpaired) electrons. The molecule has 0 saturated carbocycles. The number of hydrogen-bond acceptors (Lipinski definition) is 4. The van der Waals surface area contributed by atoms with Gasteiger partial charge in [-0.25, -0.2) is 0 Å². The van der Waals surface area contributed by atoms with Gasteiger partial charge in [0.2, 0.25) is 0 Å². The second-order valence-corrected chi connectivity index (χ2v) is 4.60. The first-order valence-electron chi connectivity index (χ1n) is 6.02. The van der Waals surface area contributed by atoms with Crippen molar-refractivity contribution in [2.24, 2.45) is 5.73 Å². The van der Waals surface area contributed by atoms with Crippen molar-refractivity contribution in [1.29, 1.82) is 0 Å². The van der Waals surface area contributed by atoms with Crippen molar-refractivity contribution in [2.45, 2.75) is 45.3 Å². The molecule has 16 heavy (non-hydrogen) atoms. The summed E-state index contributed by atoms with van der Waals surface area (Å²) in [5, 5.41) is 0. The lowest BCUT2D eigenvalue weighted by atomic mass is 10.1. The van der Waals surface area contributed by atoms with Crippen molar-refractivity contribution in [3.05, 3.63) is 0 Å². The average Bonchev–Trinajstić information content (AvgIpc) is 2.17. The van der Waals surface area contributed by atoms with E-state index in [0.717, 1.165) is 26.2 Å². The summed E-state index contributed by atoms with van der Waals surface area (Å²) in [5.74, 6) is 0. The molecule has 98 valence electrons. The number of rotatable bonds is 9. The quantitative estimate of drug-likeness (QED) is 0.646. The lowest BCUT2D eigenvalue weighted by Crippen LogP contribution is -2.46. The Balaban J connectivity index is 4.26. The smallest absolute Gasteiger partial charge is 0.0615 e. The molecule has 3 atom stereocenters. The molecule has 0 aromatic rings. The van der Waals surface area contributed by atoms with Crippen LogP contribution in [0.1, 0.15) is 27.2 Å². The van der Waals surface area contributed by atoms with Crippen molar-refractivity contribution in [1.82, 2.24) is 4.90 Å². The predicted molar refractivity (Wildman–Crippen MR) is 67.6 cm³/mol. The highest BCUT2D eigenvalue weighted by molar-refractivity contribution is 4.76. The number of nitrogens with zero attached hydrogens (tertiary/aromatic N) is 1. The summed E-state index contributed by atoms with van der Waals surface area (Å²) in [4.78, 5) is 2.40. The number of hydrogen-bond donors (Lipinski definition) is 1. The zero-order valence-corrected chi connectivity index (χ0v) is 11.4. The van der Waals surface area contributed by atoms with E-state index in [1.165, 1.54) is 0 Å². The molecule has 0 aliphatic heterocycles. The van der Waals surface area contributed by atoms with Crippen LogP contribution in [0.15, 0.2) is 0 Å². The lowest BCUT2D eigenvalue weighted by Gasteiger charge is -2.34. The van der Waals surface area contributed by atoms with E-state index in [0.29, 0.717) is 12.1 Å². The molecule has 4 nitrogen and oxygen atoms in total. The molecule has 0 fully saturated rings. The van der Waals surface area contributed by atoms with Crippen LogP contribution in [0.4, 0.5) is 0 Å². The third kappa shape index (κ3) is 6.43. The molecular weight excluding hydrogens is 204 g/mol. The monoisotopic (exact) mass is 232 g/mol. The Bertz CT molecular complexity index is 165. The second-order valence-electron chi connectivity index (χ2n) is 4.60. The van der Waals surface area contributed by atoms with E-state index in [1.54, 1.807) is 14.2 Å². The van der Waals surface area contributed by atoms with Gasteiger partial charge in [0.1, 0.15) is 0 Å². The van der Waals surface area contributed by atoms with Crippen molar-refractivity contribution in [3.8, 4) is 0 Å². The van der Waals surface area contributed by atoms with Gasteiger partial charge in [-0.05, 0) is 27.2 Å². The van der Waals surface area contributed by atoms with Crippen LogP contribution < -0.4 is 5.73 Å². The second kappa shape index (κ2) is 8.93. The number of methoxy groups -OCH3 is 2. The van der Waals surface area contributed by atoms with Gasteiger partial charge in [0, 0.05) is 38.9 Å². The minimum atomic E-state index is 0.231. The van der Waals surface area contributed by atoms with E-state index in [1.807, 2.05) is 6.92 Å². The molecule has 0 aliphatic rings. The van der Waals surface area contributed by atoms with Gasteiger partial charge in [-0.15, -0.1) is 0 Å². The van der Waals surface area contributed by atoms with Gasteiger partial charge in [0.05, 0.1) is 13.2 Å². The standard InChI is InChI=1S/C12H28N2O2/c1-10(13)8-11(2)14(6-7-15-4)12(3)9-16-5/h10-12H,6-9,13H2,1-5H3. The summed E-state index contributed by atoms with van der Waals surface area (Å²) in [7, 11) is 3.47. The molecule has 4 heteroatoms. The third-order valence-electron chi connectivity index (χ3n) is 2.81. The Morgan fingerprint density at radius 1 is 1.06 bits per heavy atom. The zero-order valence-electron chi connectivity index (χ0n) is 11.4. The van der Waals surface area contributed by atoms with Crippen molar-refractivity contribution < 1.29 is 9.47 Å². The van der Waals surface area contributed by atoms with Crippen LogP contribution in [0.2, 0.25) is 0 Å². The van der Waals surface area contributed by atoms with E-state index in [-0.39, 0.29) is 6.04 Å². The normalized spacial score (nSPS) is 17.4. The van der Waals surface area contributed by atoms with Gasteiger partial charge >= 0.3 is 0 Å². The first-order valence-corrected chi connectivity index (χ1v) is 6.02. The zero-order chi connectivity index (χ0) is 12.6. The molecule has 3 unspecified atom stereocenters. The van der Waals surface area contributed by atoms with Crippen LogP contribution in [0.5, 0.6) is 0 Å². The Kier molecular flexibility index (Phi) is 8.84. The van der Waals surface area contributed by atoms with Crippen LogP contribution in [0, 0.1) is 0 Å². The van der Waals surface area contributed by atoms with Crippen molar-refractivity contribution in [3.63, 3.8) is 0 Å². The Morgan fingerprint density at radius 3 is 2.12 bits per heavy atom. The van der Waals surface area contributed by atoms with E-state index in [9.17, 15) is 0 Å². The fourth-order valence-corrected chi connectivity index (χ4v) is 2.08. The molecule has 0 spiro atoms. The summed E-state index contributed by atoms with van der Waals surface area (Å²) in [6.45, 7) is 8.85. The predicted octanol–water partition coefficient (Wildman–Crippen LogP) is 1.10. The summed E-state index contributed by atoms with van der Waals surface area (Å²) >= 11 is 0. The van der Waals surface area contributed by atoms with E-state index in [4.69, 9.17) is 15.2 Å². The average molecular weight is 232 g/mol. The van der Waals surface area contributed by atoms with Crippen molar-refractivity contribution >= 4 is 0 Å². The SMILES string of the molecule is COCCN(C(C)COC)C(C)CC(C)N. The van der Waals surface area contributed by atoms with Crippen LogP contribution in [0.25, 0.3) is 0 Å². The van der Waals surface area contributed by atoms with Crippen LogP contribution in [-0.4, -0.2) is 57.0 Å². The van der Waals surface area contributed by atoms with Crippen LogP contribution in [-0.2, 0) is 9.47 Å². The lowest BCUT2D eigenvalue weighted by molar-refractivity contribution is 0.0480. The first-order chi connectivity index (χ1) is 7.52. The Hall–Kier alpha value is -0.160. The maximum Gasteiger partial charge on any atom is 0.0615 e. The topological polar surface area (TPSA) is 47.7 Å². The molecule has 0 aliphatic carbocycles. The van der Waals surface area contributed by atoms with Gasteiger partial charge in [-0.3, -0.25) is 4.90 Å². The van der Waals surface area contributed by atoms with E-state index in [2.05, 4.69) is 18.7 Å². The van der Waals surface area contributed by atoms with Gasteiger partial charge in [0.25, 0.3) is 0 Å². The molecular formula is C12H28N2O2. The molecule has 0 saturated heterocycles. The van der Waals surface area contributed by atoms with Crippen LogP contribution in [0.3, 0.4) is 0 Å². The fraction of sp³-hybridized carbons (Fsp3) is 1.00. The van der Waals surface area contributed by atoms with Gasteiger partial charge < -0.3 is 15.2 Å². The van der Waals surface area contributed by atoms with Crippen molar-refractivity contribution in [2.75, 3.05) is 34.0 Å². The molecule has 0 aromatic carbocycles. The molecule has 0 rings (SSSR count). The largest absolute Gasteiger partial charge is 0.383 e. The molecule has 0 heterocycles. The number of nitrogens with two attached hydrogens (primary N) is 1. The first kappa shape index (κ1) is 15.8. The van der Waals surface area contributed by atoms with E-state index >= 15 is 0 Å². The van der Waals surface area contributed by atoms with Gasteiger partial charge in [-0.1, -0.05) is 0 Å². The highest BCUT2D eigenvalue weighted by Gasteiger charge is 2.20. The summed E-state index contributed by atoms with van der Waals surface area (Å²) in [5.41, 5.74) is 5.84. The van der Waals surface area contributed by atoms with Crippen LogP contribution >= 0.6 is 0 Å². The minimum absolute atomic E-state index is 0.231. The molecule has 0 aromatic heterocycles. The Labute approximate surface area is 100 Å². The molecule has 0 bridgehead atoms. The summed E-state index contributed by atoms with van der Waals surface area (Å²) < 4.78 is 10.3. The molecule has 2 N–H and O–H groups in total. The van der Waals surface area contributed by atoms with E-state index < -0.39 is 0 Å². The third-order valence-corrected chi connectivity index (χ3v) is 2.81. The summed E-state index contributed by atoms with van der Waals surface area (Å²) in [6, 6.07) is 1.09. The van der Waals surface area contributed by atoms with Gasteiger partial charge in [-0.2, -0.15) is 0 Å². The highest BCUT2D eigenvalue weighted by atomic mass is 16.5. The number of ether oxygens (including phenoxy) is 2.